The van der Waals surface area contributed by atoms with E-state index in [9.17, 15) is 4.79 Å². The Bertz CT molecular complexity index is 1010. The number of piperidine rings is 1. The number of hydrogen-bond donors (Lipinski definition) is 0. The zero-order chi connectivity index (χ0) is 23.0. The van der Waals surface area contributed by atoms with E-state index in [4.69, 9.17) is 32.5 Å². The molecule has 1 aliphatic heterocycles. The number of rotatable bonds is 4. The van der Waals surface area contributed by atoms with Crippen molar-refractivity contribution >= 4 is 35.4 Å². The van der Waals surface area contributed by atoms with E-state index in [1.807, 2.05) is 39.0 Å². The van der Waals surface area contributed by atoms with Gasteiger partial charge in [-0.15, -0.1) is 0 Å². The van der Waals surface area contributed by atoms with Crippen LogP contribution in [0.3, 0.4) is 0 Å². The van der Waals surface area contributed by atoms with E-state index in [0.29, 0.717) is 46.2 Å². The van der Waals surface area contributed by atoms with Crippen LogP contribution in [-0.2, 0) is 4.74 Å². The molecule has 0 radical (unpaired) electrons. The predicted octanol–water partition coefficient (Wildman–Crippen LogP) is 7.58. The molecule has 2 aromatic rings. The Kier molecular flexibility index (Phi) is 6.60. The van der Waals surface area contributed by atoms with Crippen molar-refractivity contribution in [3.8, 4) is 11.3 Å². The Hall–Kier alpha value is -1.98. The highest BCUT2D eigenvalue weighted by molar-refractivity contribution is 6.39. The second-order valence-electron chi connectivity index (χ2n) is 9.81. The Morgan fingerprint density at radius 1 is 1.16 bits per heavy atom. The van der Waals surface area contributed by atoms with Gasteiger partial charge in [0.15, 0.2) is 0 Å². The van der Waals surface area contributed by atoms with Gasteiger partial charge in [0.05, 0.1) is 10.0 Å². The fourth-order valence-corrected chi connectivity index (χ4v) is 4.76. The maximum absolute atomic E-state index is 12.4. The van der Waals surface area contributed by atoms with Crippen molar-refractivity contribution in [2.24, 2.45) is 5.92 Å². The number of benzene rings is 1. The molecule has 1 amide bonds. The number of hydrogen-bond acceptors (Lipinski definition) is 4. The second-order valence-corrected chi connectivity index (χ2v) is 10.6. The number of carbonyl (C=O) groups is 1. The summed E-state index contributed by atoms with van der Waals surface area (Å²) in [6, 6.07) is 5.47. The first-order valence-corrected chi connectivity index (χ1v) is 12.0. The summed E-state index contributed by atoms with van der Waals surface area (Å²) in [5, 5.41) is 5.50. The van der Waals surface area contributed by atoms with Gasteiger partial charge in [-0.3, -0.25) is 0 Å². The average Bonchev–Trinajstić information content (AvgIpc) is 3.49. The van der Waals surface area contributed by atoms with Crippen LogP contribution in [0.1, 0.15) is 70.6 Å². The first-order valence-electron chi connectivity index (χ1n) is 11.2. The monoisotopic (exact) mass is 476 g/mol. The number of halogens is 2. The van der Waals surface area contributed by atoms with Crippen LogP contribution in [-0.4, -0.2) is 34.8 Å². The summed E-state index contributed by atoms with van der Waals surface area (Å²) < 4.78 is 11.3. The number of amides is 1. The van der Waals surface area contributed by atoms with Crippen LogP contribution < -0.4 is 0 Å². The first kappa shape index (κ1) is 23.2. The van der Waals surface area contributed by atoms with Crippen LogP contribution >= 0.6 is 23.2 Å². The molecule has 0 bridgehead atoms. The smallest absolute Gasteiger partial charge is 0.410 e. The van der Waals surface area contributed by atoms with Gasteiger partial charge < -0.3 is 14.2 Å². The first-order chi connectivity index (χ1) is 15.1. The third-order valence-electron chi connectivity index (χ3n) is 6.07. The summed E-state index contributed by atoms with van der Waals surface area (Å²) in [6.45, 7) is 9.20. The van der Waals surface area contributed by atoms with Crippen LogP contribution in [0.25, 0.3) is 17.3 Å². The Labute approximate surface area is 199 Å². The van der Waals surface area contributed by atoms with E-state index in [2.05, 4.69) is 18.2 Å². The van der Waals surface area contributed by atoms with E-state index in [1.54, 1.807) is 4.90 Å². The molecule has 7 heteroatoms. The minimum Gasteiger partial charge on any atom is -0.444 e. The molecule has 0 N–H and O–H groups in total. The van der Waals surface area contributed by atoms with E-state index in [0.717, 1.165) is 37.0 Å². The standard InChI is InChI=1S/C25H30Cl2N2O3/c1-15(16-10-12-29(13-11-16)24(30)31-25(2,3)4)14-18-22(28-32-23(18)17-8-9-17)21-19(26)6-5-7-20(21)27/h5-7,14,16-17H,8-13H2,1-4H3. The van der Waals surface area contributed by atoms with Gasteiger partial charge in [0.1, 0.15) is 17.1 Å². The minimum absolute atomic E-state index is 0.233. The van der Waals surface area contributed by atoms with Crippen LogP contribution in [0, 0.1) is 5.92 Å². The lowest BCUT2D eigenvalue weighted by Crippen LogP contribution is -2.41. The van der Waals surface area contributed by atoms with Gasteiger partial charge >= 0.3 is 6.09 Å². The van der Waals surface area contributed by atoms with E-state index in [1.165, 1.54) is 5.57 Å². The van der Waals surface area contributed by atoms with Gasteiger partial charge in [-0.1, -0.05) is 40.0 Å². The van der Waals surface area contributed by atoms with Gasteiger partial charge in [-0.2, -0.15) is 0 Å². The topological polar surface area (TPSA) is 55.6 Å². The molecule has 2 heterocycles. The number of carbonyl (C=O) groups excluding carboxylic acids is 1. The number of allylic oxidation sites excluding steroid dienone is 1. The third kappa shape index (κ3) is 5.15. The summed E-state index contributed by atoms with van der Waals surface area (Å²) in [4.78, 5) is 14.2. The van der Waals surface area contributed by atoms with Crippen molar-refractivity contribution in [2.45, 2.75) is 64.9 Å². The summed E-state index contributed by atoms with van der Waals surface area (Å²) in [6.07, 6.45) is 5.97. The van der Waals surface area contributed by atoms with Crippen molar-refractivity contribution in [1.29, 1.82) is 0 Å². The lowest BCUT2D eigenvalue weighted by atomic mass is 9.88. The molecule has 1 saturated heterocycles. The van der Waals surface area contributed by atoms with E-state index in [-0.39, 0.29) is 6.09 Å². The molecule has 1 saturated carbocycles. The van der Waals surface area contributed by atoms with Crippen LogP contribution in [0.4, 0.5) is 4.79 Å². The van der Waals surface area contributed by atoms with Crippen LogP contribution in [0.2, 0.25) is 10.0 Å². The quantitative estimate of drug-likeness (QED) is 0.456. The molecule has 2 fully saturated rings. The highest BCUT2D eigenvalue weighted by Crippen LogP contribution is 2.47. The maximum Gasteiger partial charge on any atom is 0.410 e. The van der Waals surface area contributed by atoms with E-state index < -0.39 is 5.60 Å². The third-order valence-corrected chi connectivity index (χ3v) is 6.70. The van der Waals surface area contributed by atoms with Gasteiger partial charge in [0.25, 0.3) is 0 Å². The Morgan fingerprint density at radius 3 is 2.34 bits per heavy atom. The van der Waals surface area contributed by atoms with Crippen LogP contribution in [0.5, 0.6) is 0 Å². The van der Waals surface area contributed by atoms with Crippen molar-refractivity contribution < 1.29 is 14.1 Å². The molecule has 5 nitrogen and oxygen atoms in total. The zero-order valence-corrected chi connectivity index (χ0v) is 20.6. The molecular weight excluding hydrogens is 447 g/mol. The van der Waals surface area contributed by atoms with Crippen molar-refractivity contribution in [1.82, 2.24) is 10.1 Å². The maximum atomic E-state index is 12.4. The van der Waals surface area contributed by atoms with Gasteiger partial charge in [-0.05, 0) is 77.5 Å². The van der Waals surface area contributed by atoms with Gasteiger partial charge in [0.2, 0.25) is 0 Å². The highest BCUT2D eigenvalue weighted by atomic mass is 35.5. The van der Waals surface area contributed by atoms with Crippen molar-refractivity contribution in [3.05, 3.63) is 45.1 Å². The molecule has 2 aliphatic rings. The molecule has 0 atom stereocenters. The lowest BCUT2D eigenvalue weighted by Gasteiger charge is -2.33. The molecule has 0 spiro atoms. The van der Waals surface area contributed by atoms with Crippen molar-refractivity contribution in [2.75, 3.05) is 13.1 Å². The number of aromatic nitrogens is 1. The molecule has 4 rings (SSSR count). The molecule has 32 heavy (non-hydrogen) atoms. The zero-order valence-electron chi connectivity index (χ0n) is 19.1. The largest absolute Gasteiger partial charge is 0.444 e. The summed E-state index contributed by atoms with van der Waals surface area (Å²) >= 11 is 13.0. The molecule has 1 aliphatic carbocycles. The fraction of sp³-hybridized carbons (Fsp3) is 0.520. The Morgan fingerprint density at radius 2 is 1.78 bits per heavy atom. The summed E-state index contributed by atoms with van der Waals surface area (Å²) in [5.41, 5.74) is 3.17. The molecule has 172 valence electrons. The lowest BCUT2D eigenvalue weighted by molar-refractivity contribution is 0.0194. The average molecular weight is 477 g/mol. The normalized spacial score (nSPS) is 18.2. The summed E-state index contributed by atoms with van der Waals surface area (Å²) in [5.74, 6) is 1.71. The number of likely N-dealkylation sites (tertiary alicyclic amines) is 1. The van der Waals surface area contributed by atoms with Gasteiger partial charge in [-0.25, -0.2) is 4.79 Å². The highest BCUT2D eigenvalue weighted by Gasteiger charge is 2.33. The van der Waals surface area contributed by atoms with Gasteiger partial charge in [0, 0.05) is 30.1 Å². The summed E-state index contributed by atoms with van der Waals surface area (Å²) in [7, 11) is 0. The molecule has 1 aromatic heterocycles. The fourth-order valence-electron chi connectivity index (χ4n) is 4.18. The van der Waals surface area contributed by atoms with Crippen LogP contribution in [0.15, 0.2) is 28.3 Å². The number of ether oxygens (including phenoxy) is 1. The minimum atomic E-state index is -0.479. The SMILES string of the molecule is CC(=Cc1c(-c2c(Cl)cccc2Cl)noc1C1CC1)C1CCN(C(=O)OC(C)(C)C)CC1. The van der Waals surface area contributed by atoms with Crippen molar-refractivity contribution in [3.63, 3.8) is 0 Å². The molecule has 0 unspecified atom stereocenters. The number of nitrogens with zero attached hydrogens (tertiary/aromatic N) is 2. The molecule has 1 aromatic carbocycles. The Balaban J connectivity index is 1.55. The predicted molar refractivity (Wildman–Crippen MR) is 128 cm³/mol. The van der Waals surface area contributed by atoms with E-state index >= 15 is 0 Å². The molecular formula is C25H30Cl2N2O3. The second kappa shape index (κ2) is 9.11.